The Morgan fingerprint density at radius 1 is 1.15 bits per heavy atom. The van der Waals surface area contributed by atoms with Crippen molar-refractivity contribution in [1.82, 2.24) is 4.72 Å². The predicted molar refractivity (Wildman–Crippen MR) is 107 cm³/mol. The first kappa shape index (κ1) is 19.9. The fraction of sp³-hybridized carbons (Fsp3) is 0.316. The second-order valence-corrected chi connectivity index (χ2v) is 8.15. The van der Waals surface area contributed by atoms with Gasteiger partial charge in [0.1, 0.15) is 0 Å². The van der Waals surface area contributed by atoms with Crippen molar-refractivity contribution in [1.29, 1.82) is 0 Å². The quantitative estimate of drug-likeness (QED) is 0.394. The van der Waals surface area contributed by atoms with E-state index in [0.717, 1.165) is 11.3 Å². The van der Waals surface area contributed by atoms with Crippen LogP contribution in [-0.4, -0.2) is 27.5 Å². The number of hydrogen-bond donors (Lipinski definition) is 3. The van der Waals surface area contributed by atoms with E-state index in [9.17, 15) is 8.42 Å². The molecule has 6 nitrogen and oxygen atoms in total. The van der Waals surface area contributed by atoms with Crippen molar-refractivity contribution in [3.63, 3.8) is 0 Å². The van der Waals surface area contributed by atoms with Crippen LogP contribution in [0.5, 0.6) is 0 Å². The van der Waals surface area contributed by atoms with Gasteiger partial charge in [0.05, 0.1) is 11.4 Å². The van der Waals surface area contributed by atoms with Gasteiger partial charge in [0.25, 0.3) is 0 Å². The summed E-state index contributed by atoms with van der Waals surface area (Å²) in [7, 11) is -3.53. The van der Waals surface area contributed by atoms with E-state index in [4.69, 9.17) is 5.73 Å². The number of aliphatic imine (C=N–C) groups is 1. The van der Waals surface area contributed by atoms with E-state index in [1.165, 1.54) is 5.56 Å². The van der Waals surface area contributed by atoms with Crippen LogP contribution in [0.15, 0.2) is 58.4 Å². The number of hydrogen-bond acceptors (Lipinski definition) is 3. The van der Waals surface area contributed by atoms with Crippen molar-refractivity contribution in [3.8, 4) is 0 Å². The zero-order valence-corrected chi connectivity index (χ0v) is 16.2. The van der Waals surface area contributed by atoms with E-state index in [-0.39, 0.29) is 23.9 Å². The fourth-order valence-corrected chi connectivity index (χ4v) is 3.34. The average Bonchev–Trinajstić information content (AvgIpc) is 2.59. The largest absolute Gasteiger partial charge is 0.370 e. The van der Waals surface area contributed by atoms with Crippen LogP contribution in [0.25, 0.3) is 0 Å². The summed E-state index contributed by atoms with van der Waals surface area (Å²) >= 11 is 0. The van der Waals surface area contributed by atoms with E-state index in [2.05, 4.69) is 34.9 Å². The zero-order valence-electron chi connectivity index (χ0n) is 15.4. The lowest BCUT2D eigenvalue weighted by atomic mass is 10.0. The third-order valence-corrected chi connectivity index (χ3v) is 5.32. The average molecular weight is 375 g/mol. The van der Waals surface area contributed by atoms with Crippen LogP contribution < -0.4 is 15.8 Å². The number of nitrogens with zero attached hydrogens (tertiary/aromatic N) is 1. The van der Waals surface area contributed by atoms with Crippen molar-refractivity contribution < 1.29 is 8.42 Å². The summed E-state index contributed by atoms with van der Waals surface area (Å²) < 4.78 is 26.9. The number of nitrogens with one attached hydrogen (secondary N) is 2. The number of nitrogens with two attached hydrogens (primary N) is 1. The second-order valence-electron chi connectivity index (χ2n) is 6.38. The van der Waals surface area contributed by atoms with Gasteiger partial charge in [-0.1, -0.05) is 43.7 Å². The molecule has 0 unspecified atom stereocenters. The number of sulfonamides is 1. The lowest BCUT2D eigenvalue weighted by molar-refractivity contribution is 0.582. The Morgan fingerprint density at radius 3 is 2.50 bits per heavy atom. The molecule has 0 aliphatic carbocycles. The van der Waals surface area contributed by atoms with Crippen LogP contribution in [0.3, 0.4) is 0 Å². The molecule has 0 amide bonds. The van der Waals surface area contributed by atoms with Crippen LogP contribution in [0, 0.1) is 6.92 Å². The maximum atomic E-state index is 12.2. The maximum Gasteiger partial charge on any atom is 0.240 e. The Hall–Kier alpha value is -2.38. The number of guanidine groups is 1. The lowest BCUT2D eigenvalue weighted by Crippen LogP contribution is -2.28. The van der Waals surface area contributed by atoms with Crippen molar-refractivity contribution in [2.45, 2.75) is 31.6 Å². The van der Waals surface area contributed by atoms with E-state index >= 15 is 0 Å². The first-order chi connectivity index (χ1) is 12.3. The minimum atomic E-state index is -3.53. The summed E-state index contributed by atoms with van der Waals surface area (Å²) in [5.41, 5.74) is 8.94. The van der Waals surface area contributed by atoms with Crippen LogP contribution in [0.1, 0.15) is 30.9 Å². The Balaban J connectivity index is 1.87. The predicted octanol–water partition coefficient (Wildman–Crippen LogP) is 2.82. The van der Waals surface area contributed by atoms with Crippen molar-refractivity contribution in [2.75, 3.05) is 18.4 Å². The second kappa shape index (κ2) is 8.82. The minimum absolute atomic E-state index is 0.171. The molecule has 0 heterocycles. The minimum Gasteiger partial charge on any atom is -0.370 e. The SMILES string of the molecule is Cc1ccc(S(=O)(=O)NCCN=C(N)Nc2cccc(C(C)C)c2)cc1. The van der Waals surface area contributed by atoms with Gasteiger partial charge in [0.15, 0.2) is 5.96 Å². The Labute approximate surface area is 155 Å². The number of rotatable bonds is 7. The van der Waals surface area contributed by atoms with Gasteiger partial charge >= 0.3 is 0 Å². The topological polar surface area (TPSA) is 96.6 Å². The molecule has 26 heavy (non-hydrogen) atoms. The molecule has 2 rings (SSSR count). The molecule has 0 saturated carbocycles. The van der Waals surface area contributed by atoms with Gasteiger partial charge in [0, 0.05) is 12.2 Å². The molecule has 0 aliphatic heterocycles. The monoisotopic (exact) mass is 374 g/mol. The Kier molecular flexibility index (Phi) is 6.76. The molecular weight excluding hydrogens is 348 g/mol. The Bertz CT molecular complexity index is 859. The van der Waals surface area contributed by atoms with Crippen LogP contribution in [-0.2, 0) is 10.0 Å². The van der Waals surface area contributed by atoms with Crippen molar-refractivity contribution in [3.05, 3.63) is 59.7 Å². The van der Waals surface area contributed by atoms with E-state index in [0.29, 0.717) is 5.92 Å². The summed E-state index contributed by atoms with van der Waals surface area (Å²) in [6.45, 7) is 6.57. The third kappa shape index (κ3) is 5.86. The van der Waals surface area contributed by atoms with Crippen molar-refractivity contribution >= 4 is 21.7 Å². The lowest BCUT2D eigenvalue weighted by Gasteiger charge is -2.10. The van der Waals surface area contributed by atoms with E-state index < -0.39 is 10.0 Å². The van der Waals surface area contributed by atoms with Gasteiger partial charge in [-0.25, -0.2) is 13.1 Å². The Morgan fingerprint density at radius 2 is 1.85 bits per heavy atom. The van der Waals surface area contributed by atoms with Gasteiger partial charge in [0.2, 0.25) is 10.0 Å². The molecule has 0 fully saturated rings. The summed E-state index contributed by atoms with van der Waals surface area (Å²) in [4.78, 5) is 4.40. The zero-order chi connectivity index (χ0) is 19.2. The van der Waals surface area contributed by atoms with Crippen LogP contribution in [0.4, 0.5) is 5.69 Å². The highest BCUT2D eigenvalue weighted by Gasteiger charge is 2.12. The van der Waals surface area contributed by atoms with Gasteiger partial charge in [-0.3, -0.25) is 4.99 Å². The normalized spacial score (nSPS) is 12.4. The molecule has 0 atom stereocenters. The molecule has 0 spiro atoms. The molecule has 140 valence electrons. The number of benzene rings is 2. The van der Waals surface area contributed by atoms with Gasteiger partial charge in [-0.15, -0.1) is 0 Å². The third-order valence-electron chi connectivity index (χ3n) is 3.84. The number of anilines is 1. The first-order valence-electron chi connectivity index (χ1n) is 8.51. The molecule has 0 aromatic heterocycles. The molecule has 0 radical (unpaired) electrons. The van der Waals surface area contributed by atoms with Gasteiger partial charge < -0.3 is 11.1 Å². The highest BCUT2D eigenvalue weighted by Crippen LogP contribution is 2.18. The summed E-state index contributed by atoms with van der Waals surface area (Å²) in [6, 6.07) is 14.6. The van der Waals surface area contributed by atoms with Crippen LogP contribution >= 0.6 is 0 Å². The summed E-state index contributed by atoms with van der Waals surface area (Å²) in [6.07, 6.45) is 0. The van der Waals surface area contributed by atoms with Crippen molar-refractivity contribution in [2.24, 2.45) is 10.7 Å². The molecule has 4 N–H and O–H groups in total. The van der Waals surface area contributed by atoms with Gasteiger partial charge in [-0.2, -0.15) is 0 Å². The van der Waals surface area contributed by atoms with E-state index in [1.807, 2.05) is 25.1 Å². The molecule has 0 saturated heterocycles. The smallest absolute Gasteiger partial charge is 0.240 e. The summed E-state index contributed by atoms with van der Waals surface area (Å²) in [5, 5.41) is 3.02. The highest BCUT2D eigenvalue weighted by atomic mass is 32.2. The first-order valence-corrected chi connectivity index (χ1v) is 9.99. The van der Waals surface area contributed by atoms with E-state index in [1.54, 1.807) is 24.3 Å². The molecule has 0 bridgehead atoms. The molecule has 2 aromatic carbocycles. The molecule has 7 heteroatoms. The molecule has 2 aromatic rings. The summed E-state index contributed by atoms with van der Waals surface area (Å²) in [5.74, 6) is 0.673. The molecule has 0 aliphatic rings. The number of aryl methyl sites for hydroxylation is 1. The van der Waals surface area contributed by atoms with Crippen LogP contribution in [0.2, 0.25) is 0 Å². The maximum absolute atomic E-state index is 12.2. The fourth-order valence-electron chi connectivity index (χ4n) is 2.32. The molecular formula is C19H26N4O2S. The highest BCUT2D eigenvalue weighted by molar-refractivity contribution is 7.89. The standard InChI is InChI=1S/C19H26N4O2S/c1-14(2)16-5-4-6-17(13-16)23-19(20)21-11-12-22-26(24,25)18-9-7-15(3)8-10-18/h4-10,13-14,22H,11-12H2,1-3H3,(H3,20,21,23). The van der Waals surface area contributed by atoms with Gasteiger partial charge in [-0.05, 0) is 42.7 Å².